The van der Waals surface area contributed by atoms with Crippen molar-refractivity contribution >= 4 is 33.5 Å². The second kappa shape index (κ2) is 6.87. The Balaban J connectivity index is 1.24. The highest BCUT2D eigenvalue weighted by Gasteiger charge is 2.24. The van der Waals surface area contributed by atoms with Crippen LogP contribution in [0.4, 0.5) is 11.1 Å². The predicted molar refractivity (Wildman–Crippen MR) is 106 cm³/mol. The van der Waals surface area contributed by atoms with Crippen LogP contribution in [0.5, 0.6) is 0 Å². The molecule has 2 aliphatic rings. The fourth-order valence-corrected chi connectivity index (χ4v) is 5.13. The zero-order valence-electron chi connectivity index (χ0n) is 14.9. The van der Waals surface area contributed by atoms with E-state index in [-0.39, 0.29) is 0 Å². The molecule has 6 nitrogen and oxygen atoms in total. The highest BCUT2D eigenvalue weighted by Crippen LogP contribution is 2.36. The minimum atomic E-state index is 0.645. The van der Waals surface area contributed by atoms with Crippen LogP contribution in [0.2, 0.25) is 0 Å². The summed E-state index contributed by atoms with van der Waals surface area (Å²) in [7, 11) is 0. The molecule has 1 saturated carbocycles. The molecule has 0 atom stereocenters. The van der Waals surface area contributed by atoms with Crippen molar-refractivity contribution < 1.29 is 0 Å². The molecular formula is C19H24N6S. The first kappa shape index (κ1) is 16.1. The maximum atomic E-state index is 4.73. The number of hydrogen-bond donors (Lipinski definition) is 1. The minimum Gasteiger partial charge on any atom is -0.343 e. The van der Waals surface area contributed by atoms with E-state index in [1.54, 1.807) is 0 Å². The van der Waals surface area contributed by atoms with E-state index in [9.17, 15) is 0 Å². The van der Waals surface area contributed by atoms with Crippen molar-refractivity contribution in [3.8, 4) is 0 Å². The lowest BCUT2D eigenvalue weighted by molar-refractivity contribution is 0.440. The Morgan fingerprint density at radius 3 is 2.50 bits per heavy atom. The van der Waals surface area contributed by atoms with E-state index in [0.717, 1.165) is 48.3 Å². The van der Waals surface area contributed by atoms with Crippen LogP contribution in [0.1, 0.15) is 43.0 Å². The zero-order valence-corrected chi connectivity index (χ0v) is 15.7. The Kier molecular flexibility index (Phi) is 4.24. The predicted octanol–water partition coefficient (Wildman–Crippen LogP) is 3.79. The molecule has 136 valence electrons. The van der Waals surface area contributed by atoms with Gasteiger partial charge >= 0.3 is 0 Å². The standard InChI is InChI=1S/C19H24N6S/c1-2-6-14(7-3-1)17-22-23-19(26-17)25-12-10-24(11-13-25)18-20-15-8-4-5-9-16(15)21-18/h4-5,8-9,14H,1-3,6-7,10-13H2,(H,20,21). The van der Waals surface area contributed by atoms with Gasteiger partial charge in [0, 0.05) is 32.1 Å². The number of H-pyrrole nitrogens is 1. The fourth-order valence-electron chi connectivity index (χ4n) is 4.07. The first-order valence-corrected chi connectivity index (χ1v) is 10.5. The lowest BCUT2D eigenvalue weighted by Crippen LogP contribution is -2.46. The van der Waals surface area contributed by atoms with E-state index in [1.165, 1.54) is 37.1 Å². The molecule has 0 radical (unpaired) electrons. The summed E-state index contributed by atoms with van der Waals surface area (Å²) in [5.74, 6) is 1.62. The van der Waals surface area contributed by atoms with Gasteiger partial charge in [-0.05, 0) is 25.0 Å². The Labute approximate surface area is 157 Å². The fraction of sp³-hybridized carbons (Fsp3) is 0.526. The third-order valence-corrected chi connectivity index (χ3v) is 6.76. The first-order chi connectivity index (χ1) is 12.9. The Hall–Kier alpha value is -2.15. The number of hydrogen-bond acceptors (Lipinski definition) is 6. The third-order valence-electron chi connectivity index (χ3n) is 5.61. The van der Waals surface area contributed by atoms with E-state index in [1.807, 2.05) is 23.5 Å². The quantitative estimate of drug-likeness (QED) is 0.762. The van der Waals surface area contributed by atoms with Gasteiger partial charge in [0.15, 0.2) is 0 Å². The molecule has 2 fully saturated rings. The van der Waals surface area contributed by atoms with Gasteiger partial charge in [0.05, 0.1) is 11.0 Å². The van der Waals surface area contributed by atoms with Gasteiger partial charge < -0.3 is 14.8 Å². The second-order valence-corrected chi connectivity index (χ2v) is 8.30. The van der Waals surface area contributed by atoms with Crippen LogP contribution in [-0.4, -0.2) is 46.3 Å². The zero-order chi connectivity index (χ0) is 17.3. The summed E-state index contributed by atoms with van der Waals surface area (Å²) in [6.07, 6.45) is 6.64. The van der Waals surface area contributed by atoms with Crippen LogP contribution >= 0.6 is 11.3 Å². The van der Waals surface area contributed by atoms with Gasteiger partial charge in [-0.3, -0.25) is 0 Å². The van der Waals surface area contributed by atoms with E-state index in [4.69, 9.17) is 4.98 Å². The number of aromatic amines is 1. The summed E-state index contributed by atoms with van der Waals surface area (Å²) >= 11 is 1.81. The molecule has 26 heavy (non-hydrogen) atoms. The topological polar surface area (TPSA) is 60.9 Å². The van der Waals surface area contributed by atoms with E-state index < -0.39 is 0 Å². The van der Waals surface area contributed by atoms with Gasteiger partial charge in [-0.25, -0.2) is 4.98 Å². The first-order valence-electron chi connectivity index (χ1n) is 9.65. The van der Waals surface area contributed by atoms with Gasteiger partial charge in [-0.1, -0.05) is 42.7 Å². The number of anilines is 2. The molecule has 0 bridgehead atoms. The Bertz CT molecular complexity index is 840. The van der Waals surface area contributed by atoms with Crippen LogP contribution in [-0.2, 0) is 0 Å². The van der Waals surface area contributed by atoms with Crippen LogP contribution in [0, 0.1) is 0 Å². The SMILES string of the molecule is c1ccc2[nH]c(N3CCN(c4nnc(C5CCCCC5)s4)CC3)nc2c1. The molecule has 2 aromatic heterocycles. The molecule has 0 unspecified atom stereocenters. The number of rotatable bonds is 3. The molecule has 1 saturated heterocycles. The van der Waals surface area contributed by atoms with E-state index in [2.05, 4.69) is 37.1 Å². The summed E-state index contributed by atoms with van der Waals surface area (Å²) in [6.45, 7) is 3.85. The Morgan fingerprint density at radius 1 is 0.923 bits per heavy atom. The molecule has 1 aromatic carbocycles. The van der Waals surface area contributed by atoms with Crippen molar-refractivity contribution in [2.45, 2.75) is 38.0 Å². The number of nitrogens with zero attached hydrogens (tertiary/aromatic N) is 5. The van der Waals surface area contributed by atoms with Crippen molar-refractivity contribution in [2.24, 2.45) is 0 Å². The molecule has 1 aliphatic carbocycles. The average Bonchev–Trinajstić information content (AvgIpc) is 3.36. The maximum absolute atomic E-state index is 4.73. The molecule has 5 rings (SSSR count). The molecule has 3 heterocycles. The lowest BCUT2D eigenvalue weighted by Gasteiger charge is -2.34. The van der Waals surface area contributed by atoms with Crippen LogP contribution in [0.3, 0.4) is 0 Å². The number of nitrogens with one attached hydrogen (secondary N) is 1. The molecule has 0 amide bonds. The summed E-state index contributed by atoms with van der Waals surface area (Å²) in [6, 6.07) is 8.21. The molecule has 1 aliphatic heterocycles. The lowest BCUT2D eigenvalue weighted by atomic mass is 9.90. The highest BCUT2D eigenvalue weighted by atomic mass is 32.1. The molecule has 3 aromatic rings. The third kappa shape index (κ3) is 3.05. The van der Waals surface area contributed by atoms with Crippen LogP contribution in [0.15, 0.2) is 24.3 Å². The number of fused-ring (bicyclic) bond motifs is 1. The van der Waals surface area contributed by atoms with E-state index in [0.29, 0.717) is 5.92 Å². The van der Waals surface area contributed by atoms with Gasteiger partial charge in [-0.15, -0.1) is 10.2 Å². The van der Waals surface area contributed by atoms with Gasteiger partial charge in [0.25, 0.3) is 0 Å². The summed E-state index contributed by atoms with van der Waals surface area (Å²) in [4.78, 5) is 12.9. The van der Waals surface area contributed by atoms with Crippen molar-refractivity contribution in [1.82, 2.24) is 20.2 Å². The average molecular weight is 369 g/mol. The van der Waals surface area contributed by atoms with E-state index >= 15 is 0 Å². The van der Waals surface area contributed by atoms with Crippen LogP contribution in [0.25, 0.3) is 11.0 Å². The number of piperazine rings is 1. The summed E-state index contributed by atoms with van der Waals surface area (Å²) < 4.78 is 0. The molecular weight excluding hydrogens is 344 g/mol. The molecule has 1 N–H and O–H groups in total. The van der Waals surface area contributed by atoms with Crippen molar-refractivity contribution in [2.75, 3.05) is 36.0 Å². The van der Waals surface area contributed by atoms with Gasteiger partial charge in [0.2, 0.25) is 11.1 Å². The van der Waals surface area contributed by atoms with Crippen molar-refractivity contribution in [3.63, 3.8) is 0 Å². The summed E-state index contributed by atoms with van der Waals surface area (Å²) in [5.41, 5.74) is 2.14. The smallest absolute Gasteiger partial charge is 0.208 e. The molecule has 0 spiro atoms. The normalized spacial score (nSPS) is 19.4. The largest absolute Gasteiger partial charge is 0.343 e. The number of aromatic nitrogens is 4. The number of para-hydroxylation sites is 2. The van der Waals surface area contributed by atoms with Gasteiger partial charge in [0.1, 0.15) is 5.01 Å². The summed E-state index contributed by atoms with van der Waals surface area (Å²) in [5, 5.41) is 11.4. The van der Waals surface area contributed by atoms with Crippen molar-refractivity contribution in [3.05, 3.63) is 29.3 Å². The monoisotopic (exact) mass is 368 g/mol. The number of benzene rings is 1. The Morgan fingerprint density at radius 2 is 1.69 bits per heavy atom. The van der Waals surface area contributed by atoms with Crippen molar-refractivity contribution in [1.29, 1.82) is 0 Å². The maximum Gasteiger partial charge on any atom is 0.208 e. The van der Waals surface area contributed by atoms with Gasteiger partial charge in [-0.2, -0.15) is 0 Å². The molecule has 7 heteroatoms. The minimum absolute atomic E-state index is 0.645. The highest BCUT2D eigenvalue weighted by molar-refractivity contribution is 7.15. The number of imidazole rings is 1. The van der Waals surface area contributed by atoms with Crippen LogP contribution < -0.4 is 9.80 Å². The second-order valence-electron chi connectivity index (χ2n) is 7.31.